The standard InChI is InChI=1S/C15H21N3O2/c19-15(18-9-4-5-11-20-18)14-12-16-8-10-17(14)13-6-2-1-3-7-13/h1-3,6-7,14,16H,4-5,8-12H2. The summed E-state index contributed by atoms with van der Waals surface area (Å²) in [4.78, 5) is 20.3. The van der Waals surface area contributed by atoms with Gasteiger partial charge in [0.05, 0.1) is 6.61 Å². The van der Waals surface area contributed by atoms with Gasteiger partial charge in [0.25, 0.3) is 5.91 Å². The molecule has 0 radical (unpaired) electrons. The number of para-hydroxylation sites is 1. The Labute approximate surface area is 119 Å². The zero-order valence-electron chi connectivity index (χ0n) is 11.6. The minimum absolute atomic E-state index is 0.0701. The summed E-state index contributed by atoms with van der Waals surface area (Å²) >= 11 is 0. The van der Waals surface area contributed by atoms with Crippen molar-refractivity contribution in [1.29, 1.82) is 0 Å². The zero-order valence-corrected chi connectivity index (χ0v) is 11.6. The molecule has 1 atom stereocenters. The fourth-order valence-electron chi connectivity index (χ4n) is 2.79. The lowest BCUT2D eigenvalue weighted by Gasteiger charge is -2.39. The lowest BCUT2D eigenvalue weighted by molar-refractivity contribution is -0.198. The van der Waals surface area contributed by atoms with Gasteiger partial charge in [0, 0.05) is 31.9 Å². The number of hydroxylamine groups is 2. The van der Waals surface area contributed by atoms with E-state index < -0.39 is 0 Å². The summed E-state index contributed by atoms with van der Waals surface area (Å²) in [5.41, 5.74) is 1.10. The molecule has 2 aliphatic rings. The van der Waals surface area contributed by atoms with Gasteiger partial charge in [-0.15, -0.1) is 0 Å². The van der Waals surface area contributed by atoms with E-state index in [9.17, 15) is 4.79 Å². The quantitative estimate of drug-likeness (QED) is 0.875. The number of hydrogen-bond acceptors (Lipinski definition) is 4. The highest BCUT2D eigenvalue weighted by Crippen LogP contribution is 2.20. The van der Waals surface area contributed by atoms with Gasteiger partial charge in [0.1, 0.15) is 6.04 Å². The summed E-state index contributed by atoms with van der Waals surface area (Å²) in [5, 5.41) is 4.86. The molecule has 1 aromatic carbocycles. The molecule has 0 aromatic heterocycles. The molecule has 2 aliphatic heterocycles. The number of carbonyl (C=O) groups is 1. The first-order valence-electron chi connectivity index (χ1n) is 7.33. The van der Waals surface area contributed by atoms with Crippen molar-refractivity contribution in [2.45, 2.75) is 18.9 Å². The summed E-state index contributed by atoms with van der Waals surface area (Å²) in [7, 11) is 0. The van der Waals surface area contributed by atoms with Crippen LogP contribution in [-0.4, -0.2) is 49.8 Å². The minimum Gasteiger partial charge on any atom is -0.357 e. The third-order valence-corrected chi connectivity index (χ3v) is 3.86. The van der Waals surface area contributed by atoms with E-state index in [4.69, 9.17) is 4.84 Å². The van der Waals surface area contributed by atoms with Crippen molar-refractivity contribution < 1.29 is 9.63 Å². The summed E-state index contributed by atoms with van der Waals surface area (Å²) in [5.74, 6) is 0.0701. The molecule has 1 aromatic rings. The zero-order chi connectivity index (χ0) is 13.8. The second-order valence-electron chi connectivity index (χ2n) is 5.23. The van der Waals surface area contributed by atoms with Gasteiger partial charge in [0.15, 0.2) is 0 Å². The maximum Gasteiger partial charge on any atom is 0.270 e. The predicted octanol–water partition coefficient (Wildman–Crippen LogP) is 1.02. The molecule has 0 aliphatic carbocycles. The van der Waals surface area contributed by atoms with Crippen LogP contribution in [0.25, 0.3) is 0 Å². The van der Waals surface area contributed by atoms with Crippen molar-refractivity contribution in [3.05, 3.63) is 30.3 Å². The van der Waals surface area contributed by atoms with Crippen molar-refractivity contribution in [3.63, 3.8) is 0 Å². The summed E-state index contributed by atoms with van der Waals surface area (Å²) in [6.45, 7) is 3.77. The van der Waals surface area contributed by atoms with Crippen molar-refractivity contribution >= 4 is 11.6 Å². The monoisotopic (exact) mass is 275 g/mol. The highest BCUT2D eigenvalue weighted by molar-refractivity contribution is 5.85. The van der Waals surface area contributed by atoms with E-state index in [0.29, 0.717) is 19.7 Å². The molecule has 1 N–H and O–H groups in total. The van der Waals surface area contributed by atoms with Crippen LogP contribution in [0.2, 0.25) is 0 Å². The molecule has 3 rings (SSSR count). The molecule has 108 valence electrons. The molecule has 5 heteroatoms. The molecule has 2 heterocycles. The SMILES string of the molecule is O=C(C1CNCCN1c1ccccc1)N1CCCCO1. The number of benzene rings is 1. The van der Waals surface area contributed by atoms with Crippen molar-refractivity contribution in [3.8, 4) is 0 Å². The Bertz CT molecular complexity index is 446. The molecule has 0 spiro atoms. The van der Waals surface area contributed by atoms with Crippen LogP contribution < -0.4 is 10.2 Å². The summed E-state index contributed by atoms with van der Waals surface area (Å²) < 4.78 is 0. The first-order valence-corrected chi connectivity index (χ1v) is 7.33. The van der Waals surface area contributed by atoms with Crippen LogP contribution >= 0.6 is 0 Å². The van der Waals surface area contributed by atoms with Crippen LogP contribution in [-0.2, 0) is 9.63 Å². The number of hydrogen-bond donors (Lipinski definition) is 1. The maximum absolute atomic E-state index is 12.7. The van der Waals surface area contributed by atoms with E-state index in [2.05, 4.69) is 22.3 Å². The number of nitrogens with one attached hydrogen (secondary N) is 1. The van der Waals surface area contributed by atoms with E-state index >= 15 is 0 Å². The second-order valence-corrected chi connectivity index (χ2v) is 5.23. The Balaban J connectivity index is 1.76. The topological polar surface area (TPSA) is 44.8 Å². The Morgan fingerprint density at radius 3 is 2.80 bits per heavy atom. The fourth-order valence-corrected chi connectivity index (χ4v) is 2.79. The van der Waals surface area contributed by atoms with Crippen LogP contribution in [0.15, 0.2) is 30.3 Å². The van der Waals surface area contributed by atoms with Gasteiger partial charge >= 0.3 is 0 Å². The van der Waals surface area contributed by atoms with Crippen molar-refractivity contribution in [1.82, 2.24) is 10.4 Å². The van der Waals surface area contributed by atoms with Crippen LogP contribution in [0.3, 0.4) is 0 Å². The lowest BCUT2D eigenvalue weighted by Crippen LogP contribution is -2.59. The van der Waals surface area contributed by atoms with Gasteiger partial charge in [0.2, 0.25) is 0 Å². The Kier molecular flexibility index (Phi) is 4.18. The van der Waals surface area contributed by atoms with E-state index in [1.165, 1.54) is 0 Å². The smallest absolute Gasteiger partial charge is 0.270 e. The highest BCUT2D eigenvalue weighted by atomic mass is 16.7. The second kappa shape index (κ2) is 6.24. The van der Waals surface area contributed by atoms with Crippen LogP contribution in [0.4, 0.5) is 5.69 Å². The van der Waals surface area contributed by atoms with Gasteiger partial charge in [-0.25, -0.2) is 5.06 Å². The van der Waals surface area contributed by atoms with Crippen LogP contribution in [0, 0.1) is 0 Å². The number of amides is 1. The number of anilines is 1. The minimum atomic E-state index is -0.177. The fraction of sp³-hybridized carbons (Fsp3) is 0.533. The van der Waals surface area contributed by atoms with Crippen molar-refractivity contribution in [2.24, 2.45) is 0 Å². The van der Waals surface area contributed by atoms with Gasteiger partial charge in [-0.2, -0.15) is 0 Å². The third kappa shape index (κ3) is 2.78. The molecule has 20 heavy (non-hydrogen) atoms. The first kappa shape index (κ1) is 13.4. The van der Waals surface area contributed by atoms with Crippen LogP contribution in [0.5, 0.6) is 0 Å². The van der Waals surface area contributed by atoms with Gasteiger partial charge in [-0.3, -0.25) is 9.63 Å². The maximum atomic E-state index is 12.7. The Hall–Kier alpha value is -1.59. The Morgan fingerprint density at radius 1 is 1.20 bits per heavy atom. The largest absolute Gasteiger partial charge is 0.357 e. The third-order valence-electron chi connectivity index (χ3n) is 3.86. The van der Waals surface area contributed by atoms with E-state index in [-0.39, 0.29) is 11.9 Å². The lowest BCUT2D eigenvalue weighted by atomic mass is 10.1. The van der Waals surface area contributed by atoms with E-state index in [0.717, 1.165) is 31.6 Å². The molecule has 2 fully saturated rings. The van der Waals surface area contributed by atoms with E-state index in [1.807, 2.05) is 18.2 Å². The number of carbonyl (C=O) groups excluding carboxylic acids is 1. The summed E-state index contributed by atoms with van der Waals surface area (Å²) in [6.07, 6.45) is 2.06. The van der Waals surface area contributed by atoms with E-state index in [1.54, 1.807) is 5.06 Å². The van der Waals surface area contributed by atoms with Gasteiger partial charge < -0.3 is 10.2 Å². The summed E-state index contributed by atoms with van der Waals surface area (Å²) in [6, 6.07) is 9.96. The Morgan fingerprint density at radius 2 is 2.05 bits per heavy atom. The highest BCUT2D eigenvalue weighted by Gasteiger charge is 2.33. The van der Waals surface area contributed by atoms with Crippen molar-refractivity contribution in [2.75, 3.05) is 37.7 Å². The van der Waals surface area contributed by atoms with Gasteiger partial charge in [-0.05, 0) is 25.0 Å². The normalized spacial score (nSPS) is 23.7. The first-order chi connectivity index (χ1) is 9.86. The molecule has 0 saturated carbocycles. The van der Waals surface area contributed by atoms with Gasteiger partial charge in [-0.1, -0.05) is 18.2 Å². The molecule has 1 amide bonds. The molecule has 1 unspecified atom stereocenters. The number of nitrogens with zero attached hydrogens (tertiary/aromatic N) is 2. The number of piperazine rings is 1. The van der Waals surface area contributed by atoms with Crippen LogP contribution in [0.1, 0.15) is 12.8 Å². The number of rotatable bonds is 2. The molecular weight excluding hydrogens is 254 g/mol. The average molecular weight is 275 g/mol. The molecule has 2 saturated heterocycles. The molecular formula is C15H21N3O2. The average Bonchev–Trinajstić information content (AvgIpc) is 2.56. The molecule has 0 bridgehead atoms. The molecule has 5 nitrogen and oxygen atoms in total. The predicted molar refractivity (Wildman–Crippen MR) is 77.3 cm³/mol.